The van der Waals surface area contributed by atoms with E-state index in [9.17, 15) is 0 Å². The number of pyridine rings is 1. The predicted octanol–water partition coefficient (Wildman–Crippen LogP) is 11.9. The van der Waals surface area contributed by atoms with Crippen LogP contribution in [0, 0.1) is 39.8 Å². The molecule has 3 heterocycles. The minimum Gasteiger partial charge on any atom is -0.509 e. The molecular formula is C45H46N4OPt. The van der Waals surface area contributed by atoms with Gasteiger partial charge in [0.25, 0.3) is 0 Å². The predicted molar refractivity (Wildman–Crippen MR) is 206 cm³/mol. The molecule has 0 aliphatic rings. The average molecular weight is 854 g/mol. The molecule has 262 valence electrons. The quantitative estimate of drug-likeness (QED) is 0.136. The molecule has 0 aliphatic carbocycles. The molecule has 0 atom stereocenters. The minimum absolute atomic E-state index is 0. The van der Waals surface area contributed by atoms with Crippen LogP contribution in [0.25, 0.3) is 44.4 Å². The van der Waals surface area contributed by atoms with Gasteiger partial charge in [0, 0.05) is 28.8 Å². The van der Waals surface area contributed by atoms with Crippen molar-refractivity contribution in [1.82, 2.24) is 19.3 Å². The van der Waals surface area contributed by atoms with Crippen molar-refractivity contribution in [1.29, 1.82) is 0 Å². The monoisotopic (exact) mass is 853 g/mol. The second-order valence-corrected chi connectivity index (χ2v) is 14.3. The first-order chi connectivity index (χ1) is 24.0. The zero-order valence-electron chi connectivity index (χ0n) is 31.1. The Bertz CT molecular complexity index is 2360. The van der Waals surface area contributed by atoms with Crippen LogP contribution in [-0.4, -0.2) is 19.3 Å². The van der Waals surface area contributed by atoms with Gasteiger partial charge >= 0.3 is 21.1 Å². The smallest absolute Gasteiger partial charge is 0.509 e. The van der Waals surface area contributed by atoms with Crippen LogP contribution in [0.5, 0.6) is 11.5 Å². The largest absolute Gasteiger partial charge is 2.00 e. The van der Waals surface area contributed by atoms with Gasteiger partial charge in [0.1, 0.15) is 5.82 Å². The van der Waals surface area contributed by atoms with Crippen LogP contribution in [0.4, 0.5) is 0 Å². The fourth-order valence-corrected chi connectivity index (χ4v) is 7.51. The second kappa shape index (κ2) is 14.6. The van der Waals surface area contributed by atoms with E-state index >= 15 is 0 Å². The summed E-state index contributed by atoms with van der Waals surface area (Å²) in [6.07, 6.45) is 4.00. The van der Waals surface area contributed by atoms with Crippen molar-refractivity contribution in [3.8, 4) is 34.1 Å². The molecular weight excluding hydrogens is 808 g/mol. The average Bonchev–Trinajstić information content (AvgIpc) is 3.59. The van der Waals surface area contributed by atoms with Crippen LogP contribution in [0.1, 0.15) is 92.1 Å². The molecule has 0 aliphatic heterocycles. The summed E-state index contributed by atoms with van der Waals surface area (Å²) >= 11 is 0. The van der Waals surface area contributed by atoms with Crippen molar-refractivity contribution in [3.63, 3.8) is 0 Å². The van der Waals surface area contributed by atoms with E-state index in [1.807, 2.05) is 12.3 Å². The van der Waals surface area contributed by atoms with Gasteiger partial charge in [-0.3, -0.25) is 4.68 Å². The number of benzene rings is 4. The van der Waals surface area contributed by atoms with Crippen molar-refractivity contribution < 1.29 is 25.8 Å². The van der Waals surface area contributed by atoms with Gasteiger partial charge in [-0.05, 0) is 97.5 Å². The Kier molecular flexibility index (Phi) is 10.4. The summed E-state index contributed by atoms with van der Waals surface area (Å²) < 4.78 is 11.0. The van der Waals surface area contributed by atoms with Gasteiger partial charge in [-0.2, -0.15) is 11.2 Å². The van der Waals surface area contributed by atoms with E-state index in [4.69, 9.17) is 14.8 Å². The third-order valence-electron chi connectivity index (χ3n) is 9.67. The van der Waals surface area contributed by atoms with Crippen molar-refractivity contribution >= 4 is 21.8 Å². The van der Waals surface area contributed by atoms with Gasteiger partial charge in [0.05, 0.1) is 11.4 Å². The van der Waals surface area contributed by atoms with Gasteiger partial charge in [0.2, 0.25) is 0 Å². The second-order valence-electron chi connectivity index (χ2n) is 14.3. The number of hydrogen-bond donors (Lipinski definition) is 0. The maximum atomic E-state index is 6.68. The molecule has 0 spiro atoms. The molecule has 4 aromatic carbocycles. The van der Waals surface area contributed by atoms with E-state index in [-0.39, 0.29) is 32.9 Å². The Hall–Kier alpha value is -4.47. The molecule has 0 amide bonds. The molecule has 0 radical (unpaired) electrons. The third-order valence-corrected chi connectivity index (χ3v) is 9.67. The molecule has 5 nitrogen and oxygen atoms in total. The van der Waals surface area contributed by atoms with Crippen LogP contribution in [0.2, 0.25) is 0 Å². The van der Waals surface area contributed by atoms with E-state index in [1.54, 1.807) is 0 Å². The van der Waals surface area contributed by atoms with E-state index in [0.29, 0.717) is 11.5 Å². The maximum Gasteiger partial charge on any atom is 2.00 e. The Morgan fingerprint density at radius 3 is 2.22 bits per heavy atom. The summed E-state index contributed by atoms with van der Waals surface area (Å²) in [4.78, 5) is 4.81. The maximum absolute atomic E-state index is 6.68. The first kappa shape index (κ1) is 36.3. The van der Waals surface area contributed by atoms with Crippen LogP contribution in [0.15, 0.2) is 79.0 Å². The SMILES string of the molecule is CCCc1ccnc(-n2c3[c-]c(Oc4[c-]c(-n5nc(C)c(-c6c(C)cc(C)cc6C)c5C(C)C)cc(C(C)C)c4)ccc3c3ccccc32)c1.[Pt+2]. The molecule has 0 N–H and O–H groups in total. The van der Waals surface area contributed by atoms with Crippen molar-refractivity contribution in [2.75, 3.05) is 0 Å². The number of nitrogens with zero attached hydrogens (tertiary/aromatic N) is 4. The Morgan fingerprint density at radius 1 is 0.765 bits per heavy atom. The topological polar surface area (TPSA) is 44.9 Å². The van der Waals surface area contributed by atoms with Gasteiger partial charge in [-0.1, -0.05) is 82.5 Å². The van der Waals surface area contributed by atoms with Crippen molar-refractivity contribution in [3.05, 3.63) is 130 Å². The Labute approximate surface area is 317 Å². The number of fused-ring (bicyclic) bond motifs is 3. The summed E-state index contributed by atoms with van der Waals surface area (Å²) in [5.41, 5.74) is 13.8. The first-order valence-electron chi connectivity index (χ1n) is 17.9. The summed E-state index contributed by atoms with van der Waals surface area (Å²) in [7, 11) is 0. The molecule has 0 saturated heterocycles. The van der Waals surface area contributed by atoms with E-state index in [0.717, 1.165) is 57.4 Å². The summed E-state index contributed by atoms with van der Waals surface area (Å²) in [5, 5.41) is 7.45. The van der Waals surface area contributed by atoms with Crippen LogP contribution in [-0.2, 0) is 27.5 Å². The molecule has 7 rings (SSSR count). The number of aryl methyl sites for hydroxylation is 5. The van der Waals surface area contributed by atoms with E-state index < -0.39 is 0 Å². The van der Waals surface area contributed by atoms with E-state index in [1.165, 1.54) is 39.1 Å². The number of rotatable bonds is 9. The summed E-state index contributed by atoms with van der Waals surface area (Å²) in [6, 6.07) is 33.0. The van der Waals surface area contributed by atoms with Crippen LogP contribution < -0.4 is 4.74 Å². The van der Waals surface area contributed by atoms with Crippen molar-refractivity contribution in [2.24, 2.45) is 0 Å². The third kappa shape index (κ3) is 6.81. The number of aromatic nitrogens is 4. The number of hydrogen-bond acceptors (Lipinski definition) is 3. The summed E-state index contributed by atoms with van der Waals surface area (Å²) in [6.45, 7) is 19.8. The van der Waals surface area contributed by atoms with Crippen LogP contribution in [0.3, 0.4) is 0 Å². The molecule has 0 unspecified atom stereocenters. The Balaban J connectivity index is 0.00000448. The molecule has 7 aromatic rings. The molecule has 0 fully saturated rings. The molecule has 6 heteroatoms. The molecule has 51 heavy (non-hydrogen) atoms. The van der Waals surface area contributed by atoms with Gasteiger partial charge < -0.3 is 9.30 Å². The minimum atomic E-state index is 0. The number of ether oxygens (including phenoxy) is 1. The number of para-hydroxylation sites is 1. The fraction of sp³-hybridized carbons (Fsp3) is 0.289. The molecule has 3 aromatic heterocycles. The van der Waals surface area contributed by atoms with E-state index in [2.05, 4.69) is 150 Å². The summed E-state index contributed by atoms with van der Waals surface area (Å²) in [5.74, 6) is 2.66. The first-order valence-corrected chi connectivity index (χ1v) is 17.9. The van der Waals surface area contributed by atoms with Gasteiger partial charge in [-0.15, -0.1) is 41.3 Å². The van der Waals surface area contributed by atoms with Gasteiger partial charge in [-0.25, -0.2) is 4.98 Å². The standard InChI is InChI=1S/C45H46N4O.Pt/c1-10-13-33-18-19-46-42(22-33)48-40-15-12-11-14-38(40)39-17-16-36(26-41(39)48)50-37-24-34(27(2)3)23-35(25-37)49-45(28(4)5)44(32(9)47-49)43-30(7)20-29(6)21-31(43)8;/h11-12,14-24,27-28H,10,13H2,1-9H3;/q-2;+2. The van der Waals surface area contributed by atoms with Crippen LogP contribution >= 0.6 is 0 Å². The van der Waals surface area contributed by atoms with Gasteiger partial charge in [0.15, 0.2) is 0 Å². The normalized spacial score (nSPS) is 11.6. The molecule has 0 saturated carbocycles. The zero-order valence-corrected chi connectivity index (χ0v) is 33.4. The molecule has 0 bridgehead atoms. The fourth-order valence-electron chi connectivity index (χ4n) is 7.51. The Morgan fingerprint density at radius 2 is 1.51 bits per heavy atom. The zero-order chi connectivity index (χ0) is 35.3. The van der Waals surface area contributed by atoms with Crippen molar-refractivity contribution in [2.45, 2.75) is 87.0 Å².